The molecule has 0 N–H and O–H groups in total. The van der Waals surface area contributed by atoms with Gasteiger partial charge in [0.05, 0.1) is 0 Å². The molecule has 0 saturated heterocycles. The standard InChI is InChI=1S/C43H46N2.C4H6.C3H8.9C2H6.CH4/c1-8-16-39(12-5)45(43(17-9-2)32-34(11-4)33(6)10-3)42-30-26-38(27-31-42)36-22-20-35(21-23-36)37-24-28-41(29-25-37)44(7)40-18-14-13-15-19-40;1-3-4-2;1-3-2;9*1-2;/h8-9,12-32H,1,5,10-11H2,2-4,6-7H3;3-4H,1-2H2;3H2,1-2H3;9*1-2H3;1H4/b17-9-,34-33+,39-16+,43-32+;;;;;;;;;;;;. The zero-order valence-electron chi connectivity index (χ0n) is 50.8. The van der Waals surface area contributed by atoms with E-state index >= 15 is 0 Å². The van der Waals surface area contributed by atoms with Crippen molar-refractivity contribution in [3.8, 4) is 22.3 Å². The van der Waals surface area contributed by atoms with E-state index in [4.69, 9.17) is 0 Å². The molecule has 0 fully saturated rings. The Morgan fingerprint density at radius 3 is 1.06 bits per heavy atom. The predicted molar refractivity (Wildman–Crippen MR) is 344 cm³/mol. The number of benzene rings is 4. The number of nitrogens with zero attached hydrogens (tertiary/aromatic N) is 2. The summed E-state index contributed by atoms with van der Waals surface area (Å²) in [5.41, 5.74) is 13.0. The van der Waals surface area contributed by atoms with E-state index in [9.17, 15) is 0 Å². The summed E-state index contributed by atoms with van der Waals surface area (Å²) in [5, 5.41) is 0. The molecule has 0 atom stereocenters. The lowest BCUT2D eigenvalue weighted by molar-refractivity contribution is 1.01. The van der Waals surface area contributed by atoms with Crippen LogP contribution in [0.2, 0.25) is 0 Å². The Kier molecular flexibility index (Phi) is 82.5. The molecule has 71 heavy (non-hydrogen) atoms. The van der Waals surface area contributed by atoms with Gasteiger partial charge in [-0.3, -0.25) is 0 Å². The van der Waals surface area contributed by atoms with Crippen LogP contribution < -0.4 is 9.80 Å². The first-order valence-electron chi connectivity index (χ1n) is 27.4. The summed E-state index contributed by atoms with van der Waals surface area (Å²) in [4.78, 5) is 4.45. The van der Waals surface area contributed by atoms with Crippen LogP contribution in [-0.2, 0) is 0 Å². The van der Waals surface area contributed by atoms with Crippen molar-refractivity contribution in [2.45, 2.75) is 193 Å². The molecule has 0 aliphatic heterocycles. The van der Waals surface area contributed by atoms with E-state index in [-0.39, 0.29) is 7.43 Å². The molecule has 0 heterocycles. The molecule has 4 aromatic carbocycles. The molecule has 0 aliphatic rings. The average molecular weight is 976 g/mol. The van der Waals surface area contributed by atoms with Crippen LogP contribution in [0.5, 0.6) is 0 Å². The molecule has 0 unspecified atom stereocenters. The van der Waals surface area contributed by atoms with Crippen molar-refractivity contribution in [2.24, 2.45) is 0 Å². The summed E-state index contributed by atoms with van der Waals surface area (Å²) < 4.78 is 0. The van der Waals surface area contributed by atoms with E-state index < -0.39 is 0 Å². The second-order valence-corrected chi connectivity index (χ2v) is 12.2. The minimum absolute atomic E-state index is 0. The Bertz CT molecular complexity index is 1790. The first-order chi connectivity index (χ1) is 34.3. The average Bonchev–Trinajstić information content (AvgIpc) is 3.47. The molecule has 2 heteroatoms. The lowest BCUT2D eigenvalue weighted by Gasteiger charge is -2.28. The Balaban J connectivity index is -0.000000182. The number of anilines is 3. The maximum atomic E-state index is 4.12. The van der Waals surface area contributed by atoms with E-state index in [0.717, 1.165) is 35.6 Å². The van der Waals surface area contributed by atoms with Crippen molar-refractivity contribution < 1.29 is 0 Å². The van der Waals surface area contributed by atoms with Gasteiger partial charge in [-0.2, -0.15) is 0 Å². The van der Waals surface area contributed by atoms with Crippen LogP contribution in [-0.4, -0.2) is 7.05 Å². The summed E-state index contributed by atoms with van der Waals surface area (Å²) in [6.07, 6.45) is 18.8. The second-order valence-electron chi connectivity index (χ2n) is 12.2. The number of hydrogen-bond acceptors (Lipinski definition) is 2. The monoisotopic (exact) mass is 975 g/mol. The molecular formula is C69H118N2. The fourth-order valence-electron chi connectivity index (χ4n) is 5.43. The van der Waals surface area contributed by atoms with Gasteiger partial charge >= 0.3 is 0 Å². The molecule has 0 bridgehead atoms. The SMILES string of the molecule is C.C=C/C=C(\C=C)N(C(/C=C\C)=C/C(CC)=C(\C)CC)c1ccc(-c2ccc(-c3ccc(N(C)c4ccccc4)cc3)cc2)cc1.C=CC=C.CC.CC.CC.CC.CC.CC.CC.CC.CC.CCC. The number of allylic oxidation sites excluding steroid dienone is 10. The molecule has 0 radical (unpaired) electrons. The molecular weight excluding hydrogens is 857 g/mol. The Labute approximate surface area is 447 Å². The second kappa shape index (κ2) is 68.7. The van der Waals surface area contributed by atoms with Gasteiger partial charge in [0.2, 0.25) is 0 Å². The molecule has 0 spiro atoms. The van der Waals surface area contributed by atoms with Gasteiger partial charge < -0.3 is 9.80 Å². The molecule has 0 amide bonds. The van der Waals surface area contributed by atoms with Gasteiger partial charge in [0.15, 0.2) is 0 Å². The quantitative estimate of drug-likeness (QED) is 0.116. The van der Waals surface area contributed by atoms with Crippen molar-refractivity contribution in [3.05, 3.63) is 201 Å². The number of rotatable bonds is 14. The van der Waals surface area contributed by atoms with Crippen LogP contribution in [0.25, 0.3) is 22.3 Å². The van der Waals surface area contributed by atoms with Crippen LogP contribution in [0.4, 0.5) is 17.1 Å². The topological polar surface area (TPSA) is 6.48 Å². The molecule has 4 rings (SSSR count). The van der Waals surface area contributed by atoms with E-state index in [2.05, 4.69) is 200 Å². The predicted octanol–water partition coefficient (Wildman–Crippen LogP) is 25.1. The van der Waals surface area contributed by atoms with Crippen molar-refractivity contribution in [3.63, 3.8) is 0 Å². The highest BCUT2D eigenvalue weighted by Gasteiger charge is 2.15. The number of para-hydroxylation sites is 1. The fraction of sp³-hybridized carbons (Fsp3) is 0.420. The highest BCUT2D eigenvalue weighted by molar-refractivity contribution is 5.74. The fourth-order valence-corrected chi connectivity index (χ4v) is 5.43. The molecule has 2 nitrogen and oxygen atoms in total. The molecule has 404 valence electrons. The van der Waals surface area contributed by atoms with Gasteiger partial charge in [-0.15, -0.1) is 0 Å². The summed E-state index contributed by atoms with van der Waals surface area (Å²) in [5.74, 6) is 0. The summed E-state index contributed by atoms with van der Waals surface area (Å²) >= 11 is 0. The van der Waals surface area contributed by atoms with Gasteiger partial charge in [-0.1, -0.05) is 289 Å². The van der Waals surface area contributed by atoms with Crippen LogP contribution in [0, 0.1) is 0 Å². The maximum Gasteiger partial charge on any atom is 0.0462 e. The van der Waals surface area contributed by atoms with Crippen molar-refractivity contribution >= 4 is 17.1 Å². The summed E-state index contributed by atoms with van der Waals surface area (Å²) in [7, 11) is 2.10. The van der Waals surface area contributed by atoms with Gasteiger partial charge in [-0.25, -0.2) is 0 Å². The third-order valence-corrected chi connectivity index (χ3v) is 8.37. The lowest BCUT2D eigenvalue weighted by Crippen LogP contribution is -2.20. The first-order valence-corrected chi connectivity index (χ1v) is 27.4. The third-order valence-electron chi connectivity index (χ3n) is 8.37. The van der Waals surface area contributed by atoms with Crippen LogP contribution >= 0.6 is 0 Å². The Hall–Kier alpha value is -5.60. The summed E-state index contributed by atoms with van der Waals surface area (Å²) in [6.45, 7) is 63.8. The van der Waals surface area contributed by atoms with E-state index in [1.165, 1.54) is 45.5 Å². The van der Waals surface area contributed by atoms with Crippen molar-refractivity contribution in [1.82, 2.24) is 0 Å². The van der Waals surface area contributed by atoms with Gasteiger partial charge in [0.1, 0.15) is 0 Å². The largest absolute Gasteiger partial charge is 0.345 e. The van der Waals surface area contributed by atoms with Crippen molar-refractivity contribution in [1.29, 1.82) is 0 Å². The lowest BCUT2D eigenvalue weighted by atomic mass is 9.99. The molecule has 0 aromatic heterocycles. The zero-order chi connectivity index (χ0) is 56.3. The zero-order valence-corrected chi connectivity index (χ0v) is 50.8. The van der Waals surface area contributed by atoms with Gasteiger partial charge in [-0.05, 0) is 115 Å². The number of hydrogen-bond donors (Lipinski definition) is 0. The smallest absolute Gasteiger partial charge is 0.0462 e. The highest BCUT2D eigenvalue weighted by Crippen LogP contribution is 2.32. The normalized spacial score (nSPS) is 9.25. The van der Waals surface area contributed by atoms with Crippen LogP contribution in [0.15, 0.2) is 201 Å². The third kappa shape index (κ3) is 37.8. The van der Waals surface area contributed by atoms with E-state index in [1.54, 1.807) is 12.2 Å². The Morgan fingerprint density at radius 1 is 0.451 bits per heavy atom. The van der Waals surface area contributed by atoms with Crippen LogP contribution in [0.1, 0.15) is 193 Å². The minimum Gasteiger partial charge on any atom is -0.345 e. The van der Waals surface area contributed by atoms with E-state index in [0.29, 0.717) is 0 Å². The van der Waals surface area contributed by atoms with Crippen LogP contribution in [0.3, 0.4) is 0 Å². The molecule has 0 aliphatic carbocycles. The van der Waals surface area contributed by atoms with E-state index in [1.807, 2.05) is 149 Å². The van der Waals surface area contributed by atoms with Gasteiger partial charge in [0.25, 0.3) is 0 Å². The van der Waals surface area contributed by atoms with Crippen molar-refractivity contribution in [2.75, 3.05) is 16.8 Å². The van der Waals surface area contributed by atoms with Gasteiger partial charge in [0, 0.05) is 35.5 Å². The first kappa shape index (κ1) is 85.3. The highest BCUT2D eigenvalue weighted by atomic mass is 15.1. The molecule has 4 aromatic rings. The molecule has 0 saturated carbocycles. The minimum atomic E-state index is 0. The Morgan fingerprint density at radius 2 is 0.775 bits per heavy atom. The summed E-state index contributed by atoms with van der Waals surface area (Å²) in [6, 6.07) is 36.7. The maximum absolute atomic E-state index is 4.12.